The van der Waals surface area contributed by atoms with Crippen molar-refractivity contribution in [3.63, 3.8) is 0 Å². The minimum atomic E-state index is -0.403. The summed E-state index contributed by atoms with van der Waals surface area (Å²) >= 11 is 0. The third-order valence-corrected chi connectivity index (χ3v) is 11.3. The van der Waals surface area contributed by atoms with E-state index in [2.05, 4.69) is 53.0 Å². The molecule has 3 unspecified atom stereocenters. The molecule has 2 amide bonds. The summed E-state index contributed by atoms with van der Waals surface area (Å²) in [6.45, 7) is 15.6. The normalized spacial score (nSPS) is 13.4. The Morgan fingerprint density at radius 1 is 0.414 bits per heavy atom. The van der Waals surface area contributed by atoms with Crippen LogP contribution >= 0.6 is 0 Å². The second kappa shape index (κ2) is 42.4. The number of nitrogens with one attached hydrogen (secondary N) is 2. The Balaban J connectivity index is 4.56. The molecule has 6 N–H and O–H groups in total. The summed E-state index contributed by atoms with van der Waals surface area (Å²) in [4.78, 5) is 31.9. The van der Waals surface area contributed by atoms with Crippen LogP contribution in [-0.4, -0.2) is 144 Å². The van der Waals surface area contributed by atoms with Crippen molar-refractivity contribution in [2.24, 2.45) is 0 Å². The molecule has 0 fully saturated rings. The van der Waals surface area contributed by atoms with Crippen molar-refractivity contribution in [1.82, 2.24) is 25.3 Å². The molecule has 0 heterocycles. The first kappa shape index (κ1) is 56.7. The van der Waals surface area contributed by atoms with Crippen molar-refractivity contribution in [1.29, 1.82) is 0 Å². The topological polar surface area (TPSA) is 149 Å². The lowest BCUT2D eigenvalue weighted by atomic mass is 10.1. The lowest BCUT2D eigenvalue weighted by molar-refractivity contribution is -0.121. The number of rotatable bonds is 45. The molecule has 0 bridgehead atoms. The van der Waals surface area contributed by atoms with Crippen LogP contribution in [0.3, 0.4) is 0 Å². The molecule has 346 valence electrons. The maximum absolute atomic E-state index is 12.8. The lowest BCUT2D eigenvalue weighted by Crippen LogP contribution is -2.40. The van der Waals surface area contributed by atoms with Crippen LogP contribution < -0.4 is 10.6 Å². The van der Waals surface area contributed by atoms with Crippen molar-refractivity contribution in [2.75, 3.05) is 78.6 Å². The Kier molecular flexibility index (Phi) is 41.4. The van der Waals surface area contributed by atoms with Gasteiger partial charge in [-0.1, -0.05) is 143 Å². The molecule has 3 atom stereocenters. The van der Waals surface area contributed by atoms with E-state index in [-0.39, 0.29) is 18.4 Å². The van der Waals surface area contributed by atoms with Gasteiger partial charge in [0.15, 0.2) is 0 Å². The van der Waals surface area contributed by atoms with Crippen LogP contribution in [0.2, 0.25) is 0 Å². The summed E-state index contributed by atoms with van der Waals surface area (Å²) in [5, 5.41) is 47.8. The van der Waals surface area contributed by atoms with Crippen LogP contribution in [0.25, 0.3) is 0 Å². The van der Waals surface area contributed by atoms with Crippen molar-refractivity contribution in [2.45, 2.75) is 213 Å². The fraction of sp³-hybridized carbons (Fsp3) is 0.957. The lowest BCUT2D eigenvalue weighted by Gasteiger charge is -2.27. The van der Waals surface area contributed by atoms with Crippen molar-refractivity contribution < 1.29 is 30.0 Å². The van der Waals surface area contributed by atoms with Gasteiger partial charge in [-0.15, -0.1) is 0 Å². The SMILES string of the molecule is CCCCCCCCC(O)CN(CCO)CCCNC(=O)CCN(CCC)CCC(=O)NCCCN(CC(O)CCCCCCCC)CC(O)CCCCCCCC. The number of amides is 2. The van der Waals surface area contributed by atoms with Gasteiger partial charge in [-0.05, 0) is 45.1 Å². The molecule has 58 heavy (non-hydrogen) atoms. The van der Waals surface area contributed by atoms with E-state index in [1.165, 1.54) is 77.0 Å². The molecule has 0 saturated carbocycles. The summed E-state index contributed by atoms with van der Waals surface area (Å²) in [6.07, 6.45) is 26.0. The van der Waals surface area contributed by atoms with E-state index in [1.54, 1.807) is 0 Å². The second-order valence-electron chi connectivity index (χ2n) is 17.2. The van der Waals surface area contributed by atoms with Gasteiger partial charge < -0.3 is 36.0 Å². The van der Waals surface area contributed by atoms with Gasteiger partial charge >= 0.3 is 0 Å². The molecule has 11 heteroatoms. The zero-order chi connectivity index (χ0) is 42.9. The van der Waals surface area contributed by atoms with E-state index >= 15 is 0 Å². The minimum absolute atomic E-state index is 0.00103. The van der Waals surface area contributed by atoms with E-state index in [1.807, 2.05) is 0 Å². The number of hydrogen-bond donors (Lipinski definition) is 6. The van der Waals surface area contributed by atoms with Crippen LogP contribution in [-0.2, 0) is 9.59 Å². The molecule has 0 saturated heterocycles. The molecule has 0 aliphatic carbocycles. The van der Waals surface area contributed by atoms with Gasteiger partial charge in [-0.3, -0.25) is 19.4 Å². The number of hydrogen-bond acceptors (Lipinski definition) is 9. The molecule has 0 rings (SSSR count). The Hall–Kier alpha value is -1.34. The molecule has 0 aliphatic rings. The van der Waals surface area contributed by atoms with Crippen LogP contribution in [0.15, 0.2) is 0 Å². The third-order valence-electron chi connectivity index (χ3n) is 11.3. The molecule has 0 aromatic carbocycles. The van der Waals surface area contributed by atoms with Crippen LogP contribution in [0.4, 0.5) is 0 Å². The Labute approximate surface area is 357 Å². The van der Waals surface area contributed by atoms with Crippen LogP contribution in [0.5, 0.6) is 0 Å². The quantitative estimate of drug-likeness (QED) is 0.0345. The monoisotopic (exact) mass is 828 g/mol. The van der Waals surface area contributed by atoms with E-state index in [4.69, 9.17) is 0 Å². The summed E-state index contributed by atoms with van der Waals surface area (Å²) in [5.41, 5.74) is 0. The maximum Gasteiger partial charge on any atom is 0.221 e. The van der Waals surface area contributed by atoms with Crippen molar-refractivity contribution >= 4 is 11.8 Å². The fourth-order valence-corrected chi connectivity index (χ4v) is 7.75. The molecular weight excluding hydrogens is 731 g/mol. The number of nitrogens with zero attached hydrogens (tertiary/aromatic N) is 3. The fourth-order valence-electron chi connectivity index (χ4n) is 7.75. The molecule has 0 spiro atoms. The van der Waals surface area contributed by atoms with E-state index < -0.39 is 18.3 Å². The third kappa shape index (κ3) is 37.6. The first-order chi connectivity index (χ1) is 28.2. The van der Waals surface area contributed by atoms with E-state index in [0.29, 0.717) is 71.7 Å². The van der Waals surface area contributed by atoms with Gasteiger partial charge in [-0.2, -0.15) is 0 Å². The van der Waals surface area contributed by atoms with Crippen LogP contribution in [0, 0.1) is 0 Å². The second-order valence-corrected chi connectivity index (χ2v) is 17.2. The molecule has 0 radical (unpaired) electrons. The number of unbranched alkanes of at least 4 members (excludes halogenated alkanes) is 15. The van der Waals surface area contributed by atoms with Crippen molar-refractivity contribution in [3.05, 3.63) is 0 Å². The van der Waals surface area contributed by atoms with Gasteiger partial charge in [0.05, 0.1) is 24.9 Å². The average Bonchev–Trinajstić information content (AvgIpc) is 3.20. The first-order valence-corrected chi connectivity index (χ1v) is 24.5. The van der Waals surface area contributed by atoms with Crippen molar-refractivity contribution in [3.8, 4) is 0 Å². The van der Waals surface area contributed by atoms with Gasteiger partial charge in [0.1, 0.15) is 0 Å². The van der Waals surface area contributed by atoms with Crippen LogP contribution in [0.1, 0.15) is 195 Å². The predicted octanol–water partition coefficient (Wildman–Crippen LogP) is 7.42. The number of aliphatic hydroxyl groups is 4. The van der Waals surface area contributed by atoms with Gasteiger partial charge in [0.25, 0.3) is 0 Å². The maximum atomic E-state index is 12.8. The summed E-state index contributed by atoms with van der Waals surface area (Å²) in [7, 11) is 0. The highest BCUT2D eigenvalue weighted by Gasteiger charge is 2.17. The first-order valence-electron chi connectivity index (χ1n) is 24.5. The van der Waals surface area contributed by atoms with Gasteiger partial charge in [-0.25, -0.2) is 0 Å². The Morgan fingerprint density at radius 2 is 0.776 bits per heavy atom. The van der Waals surface area contributed by atoms with Gasteiger partial charge in [0, 0.05) is 78.3 Å². The molecular formula is C47H97N5O6. The summed E-state index contributed by atoms with van der Waals surface area (Å²) < 4.78 is 0. The van der Waals surface area contributed by atoms with E-state index in [9.17, 15) is 30.0 Å². The van der Waals surface area contributed by atoms with E-state index in [0.717, 1.165) is 90.1 Å². The van der Waals surface area contributed by atoms with Gasteiger partial charge in [0.2, 0.25) is 11.8 Å². The zero-order valence-corrected chi connectivity index (χ0v) is 38.5. The average molecular weight is 828 g/mol. The highest BCUT2D eigenvalue weighted by molar-refractivity contribution is 5.76. The Bertz CT molecular complexity index is 878. The largest absolute Gasteiger partial charge is 0.395 e. The Morgan fingerprint density at radius 3 is 1.16 bits per heavy atom. The summed E-state index contributed by atoms with van der Waals surface area (Å²) in [6, 6.07) is 0. The number of aliphatic hydroxyl groups excluding tert-OH is 4. The molecule has 0 aliphatic heterocycles. The molecule has 0 aromatic rings. The number of carbonyl (C=O) groups is 2. The molecule has 11 nitrogen and oxygen atoms in total. The number of carbonyl (C=O) groups excluding carboxylic acids is 2. The predicted molar refractivity (Wildman–Crippen MR) is 243 cm³/mol. The zero-order valence-electron chi connectivity index (χ0n) is 38.5. The minimum Gasteiger partial charge on any atom is -0.395 e. The summed E-state index contributed by atoms with van der Waals surface area (Å²) in [5.74, 6) is 0.00829. The standard InChI is InChI=1S/C47H97N5O6/c1-5-9-12-15-18-21-26-43(54)40-51(38-39-53)34-24-31-48-46(57)29-36-50(33-8-4)37-30-47(58)49-32-25-35-52(41-44(55)27-22-19-16-13-10-6-2)42-45(56)28-23-20-17-14-11-7-3/h43-45,53-56H,5-42H2,1-4H3,(H,48,57)(H,49,58). The smallest absolute Gasteiger partial charge is 0.221 e. The molecule has 0 aromatic heterocycles. The highest BCUT2D eigenvalue weighted by atomic mass is 16.3. The highest BCUT2D eigenvalue weighted by Crippen LogP contribution is 2.13.